The molecule has 1 heterocycles. The van der Waals surface area contributed by atoms with Gasteiger partial charge in [-0.1, -0.05) is 29.8 Å². The van der Waals surface area contributed by atoms with E-state index in [0.29, 0.717) is 29.4 Å². The molecule has 2 aromatic rings. The highest BCUT2D eigenvalue weighted by atomic mass is 127. The monoisotopic (exact) mass is 462 g/mol. The summed E-state index contributed by atoms with van der Waals surface area (Å²) in [4.78, 5) is 12.2. The van der Waals surface area contributed by atoms with Crippen LogP contribution >= 0.6 is 22.6 Å². The van der Waals surface area contributed by atoms with Crippen LogP contribution in [-0.2, 0) is 9.53 Å². The van der Waals surface area contributed by atoms with Gasteiger partial charge < -0.3 is 14.2 Å². The third-order valence-electron chi connectivity index (χ3n) is 3.92. The van der Waals surface area contributed by atoms with Crippen LogP contribution in [0.2, 0.25) is 0 Å². The second kappa shape index (κ2) is 7.95. The maximum Gasteiger partial charge on any atom is 0.343 e. The summed E-state index contributed by atoms with van der Waals surface area (Å²) in [6, 6.07) is 11.7. The van der Waals surface area contributed by atoms with E-state index in [-0.39, 0.29) is 5.97 Å². The van der Waals surface area contributed by atoms with E-state index in [1.807, 2.05) is 50.2 Å². The van der Waals surface area contributed by atoms with Crippen molar-refractivity contribution < 1.29 is 19.0 Å². The first-order valence-corrected chi connectivity index (χ1v) is 9.32. The minimum absolute atomic E-state index is 0.358. The standard InChI is InChI=1S/C21H19IO4/c1-4-25-20-17(22)10-14(11-19(20)24-3)9-16-12-18(26-21(16)23)15-7-5-13(2)6-8-15/h5-12H,4H2,1-3H3/b16-9-. The Morgan fingerprint density at radius 2 is 1.92 bits per heavy atom. The normalized spacial score (nSPS) is 15.0. The van der Waals surface area contributed by atoms with Crippen LogP contribution in [0.3, 0.4) is 0 Å². The molecule has 0 amide bonds. The summed E-state index contributed by atoms with van der Waals surface area (Å²) in [5.74, 6) is 1.56. The zero-order valence-corrected chi connectivity index (χ0v) is 17.0. The van der Waals surface area contributed by atoms with E-state index in [9.17, 15) is 4.79 Å². The quantitative estimate of drug-likeness (QED) is 0.357. The molecule has 5 heteroatoms. The average Bonchev–Trinajstić information content (AvgIpc) is 2.98. The number of carbonyl (C=O) groups excluding carboxylic acids is 1. The molecule has 1 aliphatic rings. The van der Waals surface area contributed by atoms with Crippen LogP contribution < -0.4 is 9.47 Å². The number of rotatable bonds is 5. The fourth-order valence-electron chi connectivity index (χ4n) is 2.64. The number of carbonyl (C=O) groups is 1. The summed E-state index contributed by atoms with van der Waals surface area (Å²) in [6.45, 7) is 4.50. The van der Waals surface area contributed by atoms with Crippen molar-refractivity contribution in [2.45, 2.75) is 13.8 Å². The first-order chi connectivity index (χ1) is 12.5. The van der Waals surface area contributed by atoms with Gasteiger partial charge in [-0.25, -0.2) is 4.79 Å². The molecular weight excluding hydrogens is 443 g/mol. The van der Waals surface area contributed by atoms with E-state index in [0.717, 1.165) is 20.3 Å². The summed E-state index contributed by atoms with van der Waals surface area (Å²) in [5, 5.41) is 0. The topological polar surface area (TPSA) is 44.8 Å². The van der Waals surface area contributed by atoms with Gasteiger partial charge in [0.25, 0.3) is 0 Å². The Hall–Kier alpha value is -2.28. The molecule has 2 aromatic carbocycles. The molecule has 0 fully saturated rings. The van der Waals surface area contributed by atoms with Crippen LogP contribution in [0.1, 0.15) is 23.6 Å². The van der Waals surface area contributed by atoms with Crippen LogP contribution in [0.15, 0.2) is 48.0 Å². The number of halogens is 1. The van der Waals surface area contributed by atoms with Crippen molar-refractivity contribution in [2.75, 3.05) is 13.7 Å². The Balaban J connectivity index is 1.95. The zero-order valence-electron chi connectivity index (χ0n) is 14.8. The number of aryl methyl sites for hydroxylation is 1. The van der Waals surface area contributed by atoms with Crippen molar-refractivity contribution in [3.8, 4) is 11.5 Å². The van der Waals surface area contributed by atoms with E-state index >= 15 is 0 Å². The number of methoxy groups -OCH3 is 1. The van der Waals surface area contributed by atoms with E-state index < -0.39 is 0 Å². The predicted octanol–water partition coefficient (Wildman–Crippen LogP) is 4.99. The lowest BCUT2D eigenvalue weighted by atomic mass is 10.1. The molecule has 0 atom stereocenters. The Morgan fingerprint density at radius 3 is 2.58 bits per heavy atom. The summed E-state index contributed by atoms with van der Waals surface area (Å²) < 4.78 is 17.4. The van der Waals surface area contributed by atoms with E-state index in [4.69, 9.17) is 14.2 Å². The lowest BCUT2D eigenvalue weighted by Gasteiger charge is -2.12. The first-order valence-electron chi connectivity index (χ1n) is 8.24. The van der Waals surface area contributed by atoms with Crippen molar-refractivity contribution in [2.24, 2.45) is 0 Å². The molecule has 0 saturated carbocycles. The first kappa shape index (κ1) is 18.5. The van der Waals surface area contributed by atoms with Crippen molar-refractivity contribution >= 4 is 40.4 Å². The minimum Gasteiger partial charge on any atom is -0.493 e. The number of benzene rings is 2. The van der Waals surface area contributed by atoms with Gasteiger partial charge in [0.2, 0.25) is 0 Å². The third kappa shape index (κ3) is 3.93. The highest BCUT2D eigenvalue weighted by molar-refractivity contribution is 14.1. The molecular formula is C21H19IO4. The molecule has 0 bridgehead atoms. The van der Waals surface area contributed by atoms with Crippen LogP contribution in [-0.4, -0.2) is 19.7 Å². The number of cyclic esters (lactones) is 1. The molecule has 0 spiro atoms. The van der Waals surface area contributed by atoms with Crippen molar-refractivity contribution in [3.05, 3.63) is 68.3 Å². The van der Waals surface area contributed by atoms with Crippen LogP contribution in [0.4, 0.5) is 0 Å². The summed E-state index contributed by atoms with van der Waals surface area (Å²) in [5.41, 5.74) is 3.39. The third-order valence-corrected chi connectivity index (χ3v) is 4.72. The molecule has 0 unspecified atom stereocenters. The summed E-state index contributed by atoms with van der Waals surface area (Å²) in [7, 11) is 1.60. The van der Waals surface area contributed by atoms with Gasteiger partial charge in [0.05, 0.1) is 22.9 Å². The van der Waals surface area contributed by atoms with Gasteiger partial charge in [0.1, 0.15) is 5.76 Å². The van der Waals surface area contributed by atoms with E-state index in [2.05, 4.69) is 22.6 Å². The Bertz CT molecular complexity index is 895. The maximum absolute atomic E-state index is 12.2. The summed E-state index contributed by atoms with van der Waals surface area (Å²) >= 11 is 2.20. The molecule has 0 saturated heterocycles. The molecule has 134 valence electrons. The molecule has 3 rings (SSSR count). The number of esters is 1. The average molecular weight is 462 g/mol. The molecule has 0 N–H and O–H groups in total. The van der Waals surface area contributed by atoms with E-state index in [1.54, 1.807) is 19.3 Å². The number of ether oxygens (including phenoxy) is 3. The molecule has 0 aromatic heterocycles. The Kier molecular flexibility index (Phi) is 5.66. The second-order valence-electron chi connectivity index (χ2n) is 5.83. The molecule has 4 nitrogen and oxygen atoms in total. The molecule has 1 aliphatic heterocycles. The van der Waals surface area contributed by atoms with Gasteiger partial charge in [-0.15, -0.1) is 0 Å². The fourth-order valence-corrected chi connectivity index (χ4v) is 3.42. The second-order valence-corrected chi connectivity index (χ2v) is 6.99. The number of hydrogen-bond donors (Lipinski definition) is 0. The minimum atomic E-state index is -0.358. The van der Waals surface area contributed by atoms with Gasteiger partial charge in [-0.2, -0.15) is 0 Å². The SMILES string of the molecule is CCOc1c(I)cc(/C=C2/C=C(c3ccc(C)cc3)OC2=O)cc1OC. The van der Waals surface area contributed by atoms with Crippen molar-refractivity contribution in [3.63, 3.8) is 0 Å². The largest absolute Gasteiger partial charge is 0.493 e. The van der Waals surface area contributed by atoms with Crippen molar-refractivity contribution in [1.29, 1.82) is 0 Å². The number of hydrogen-bond acceptors (Lipinski definition) is 4. The summed E-state index contributed by atoms with van der Waals surface area (Å²) in [6.07, 6.45) is 3.56. The Labute approximate surface area is 166 Å². The van der Waals surface area contributed by atoms with Gasteiger partial charge in [0.15, 0.2) is 11.5 Å². The van der Waals surface area contributed by atoms with Crippen LogP contribution in [0.25, 0.3) is 11.8 Å². The smallest absolute Gasteiger partial charge is 0.343 e. The predicted molar refractivity (Wildman–Crippen MR) is 110 cm³/mol. The van der Waals surface area contributed by atoms with Crippen LogP contribution in [0, 0.1) is 10.5 Å². The zero-order chi connectivity index (χ0) is 18.7. The molecule has 0 aliphatic carbocycles. The molecule has 26 heavy (non-hydrogen) atoms. The molecule has 0 radical (unpaired) electrons. The van der Waals surface area contributed by atoms with E-state index in [1.165, 1.54) is 0 Å². The Morgan fingerprint density at radius 1 is 1.19 bits per heavy atom. The van der Waals surface area contributed by atoms with Gasteiger partial charge in [0, 0.05) is 5.56 Å². The van der Waals surface area contributed by atoms with Gasteiger partial charge in [-0.05, 0) is 66.3 Å². The maximum atomic E-state index is 12.2. The van der Waals surface area contributed by atoms with Crippen LogP contribution in [0.5, 0.6) is 11.5 Å². The highest BCUT2D eigenvalue weighted by Gasteiger charge is 2.22. The van der Waals surface area contributed by atoms with Gasteiger partial charge in [-0.3, -0.25) is 0 Å². The van der Waals surface area contributed by atoms with Gasteiger partial charge >= 0.3 is 5.97 Å². The van der Waals surface area contributed by atoms with Crippen molar-refractivity contribution in [1.82, 2.24) is 0 Å². The lowest BCUT2D eigenvalue weighted by molar-refractivity contribution is -0.130. The lowest BCUT2D eigenvalue weighted by Crippen LogP contribution is -1.99. The fraction of sp³-hybridized carbons (Fsp3) is 0.190. The highest BCUT2D eigenvalue weighted by Crippen LogP contribution is 2.35.